The topological polar surface area (TPSA) is 17.1 Å². The van der Waals surface area contributed by atoms with Crippen molar-refractivity contribution >= 4 is 16.8 Å². The molecule has 0 aliphatic rings. The average molecular weight is 199 g/mol. The first-order valence-corrected chi connectivity index (χ1v) is 4.55. The molecular weight excluding hydrogens is 184 g/mol. The molecule has 0 radical (unpaired) electrons. The standard InChI is InChI=1S/C11H15ClO/c1-5-7-9(4)10(11(12)13)8(3)6-2/h5-6,8H,1-2,7H2,3-4H3/b10-9+. The number of rotatable bonds is 5. The van der Waals surface area contributed by atoms with Crippen LogP contribution in [0.1, 0.15) is 20.3 Å². The molecule has 0 saturated heterocycles. The molecule has 0 aromatic rings. The van der Waals surface area contributed by atoms with Gasteiger partial charge in [0.1, 0.15) is 0 Å². The molecule has 13 heavy (non-hydrogen) atoms. The smallest absolute Gasteiger partial charge is 0.248 e. The van der Waals surface area contributed by atoms with Gasteiger partial charge in [-0.05, 0) is 24.9 Å². The molecule has 0 fully saturated rings. The SMILES string of the molecule is C=CC/C(C)=C(/C(=O)Cl)C(C)C=C. The predicted molar refractivity (Wildman–Crippen MR) is 57.7 cm³/mol. The van der Waals surface area contributed by atoms with Crippen LogP contribution in [-0.4, -0.2) is 5.24 Å². The summed E-state index contributed by atoms with van der Waals surface area (Å²) in [5, 5.41) is -0.397. The maximum atomic E-state index is 11.1. The Morgan fingerprint density at radius 1 is 1.54 bits per heavy atom. The zero-order valence-electron chi connectivity index (χ0n) is 8.14. The Hall–Kier alpha value is -0.820. The van der Waals surface area contributed by atoms with Crippen molar-refractivity contribution in [3.63, 3.8) is 0 Å². The van der Waals surface area contributed by atoms with Gasteiger partial charge in [-0.3, -0.25) is 4.79 Å². The normalized spacial score (nSPS) is 14.4. The molecule has 0 aromatic carbocycles. The van der Waals surface area contributed by atoms with E-state index in [-0.39, 0.29) is 5.92 Å². The van der Waals surface area contributed by atoms with Crippen molar-refractivity contribution in [3.8, 4) is 0 Å². The van der Waals surface area contributed by atoms with E-state index < -0.39 is 5.24 Å². The van der Waals surface area contributed by atoms with Crippen molar-refractivity contribution < 1.29 is 4.79 Å². The first kappa shape index (κ1) is 12.2. The third-order valence-corrected chi connectivity index (χ3v) is 2.13. The Kier molecular flexibility index (Phi) is 5.40. The van der Waals surface area contributed by atoms with Gasteiger partial charge in [-0.1, -0.05) is 24.6 Å². The average Bonchev–Trinajstić information content (AvgIpc) is 2.04. The quantitative estimate of drug-likeness (QED) is 0.376. The molecule has 0 spiro atoms. The predicted octanol–water partition coefficient (Wildman–Crippen LogP) is 3.47. The fourth-order valence-corrected chi connectivity index (χ4v) is 1.51. The fraction of sp³-hybridized carbons (Fsp3) is 0.364. The van der Waals surface area contributed by atoms with Crippen LogP contribution in [0.15, 0.2) is 36.5 Å². The maximum Gasteiger partial charge on any atom is 0.248 e. The number of carbonyl (C=O) groups excluding carboxylic acids is 1. The third-order valence-electron chi connectivity index (χ3n) is 1.93. The van der Waals surface area contributed by atoms with Gasteiger partial charge < -0.3 is 0 Å². The van der Waals surface area contributed by atoms with Gasteiger partial charge >= 0.3 is 0 Å². The molecule has 0 aliphatic heterocycles. The molecule has 1 unspecified atom stereocenters. The largest absolute Gasteiger partial charge is 0.276 e. The van der Waals surface area contributed by atoms with E-state index in [9.17, 15) is 4.79 Å². The van der Waals surface area contributed by atoms with Crippen molar-refractivity contribution in [1.82, 2.24) is 0 Å². The summed E-state index contributed by atoms with van der Waals surface area (Å²) in [6, 6.07) is 0. The number of halogens is 1. The van der Waals surface area contributed by atoms with Crippen LogP contribution >= 0.6 is 11.6 Å². The highest BCUT2D eigenvalue weighted by molar-refractivity contribution is 6.67. The first-order valence-electron chi connectivity index (χ1n) is 4.17. The maximum absolute atomic E-state index is 11.1. The second-order valence-corrected chi connectivity index (χ2v) is 3.33. The molecule has 1 nitrogen and oxygen atoms in total. The lowest BCUT2D eigenvalue weighted by atomic mass is 9.96. The highest BCUT2D eigenvalue weighted by atomic mass is 35.5. The summed E-state index contributed by atoms with van der Waals surface area (Å²) in [5.74, 6) is 0.00458. The summed E-state index contributed by atoms with van der Waals surface area (Å²) >= 11 is 5.47. The fourth-order valence-electron chi connectivity index (χ4n) is 1.18. The van der Waals surface area contributed by atoms with Crippen molar-refractivity contribution in [2.45, 2.75) is 20.3 Å². The number of allylic oxidation sites excluding steroid dienone is 4. The van der Waals surface area contributed by atoms with Gasteiger partial charge in [0.25, 0.3) is 0 Å². The number of hydrogen-bond acceptors (Lipinski definition) is 1. The molecule has 0 bridgehead atoms. The number of hydrogen-bond donors (Lipinski definition) is 0. The molecule has 72 valence electrons. The van der Waals surface area contributed by atoms with E-state index in [0.717, 1.165) is 5.57 Å². The number of carbonyl (C=O) groups is 1. The zero-order chi connectivity index (χ0) is 10.4. The summed E-state index contributed by atoms with van der Waals surface area (Å²) in [7, 11) is 0. The Balaban J connectivity index is 4.97. The van der Waals surface area contributed by atoms with Crippen LogP contribution in [0, 0.1) is 5.92 Å². The lowest BCUT2D eigenvalue weighted by Crippen LogP contribution is -2.05. The lowest BCUT2D eigenvalue weighted by molar-refractivity contribution is -0.108. The minimum absolute atomic E-state index is 0.00458. The van der Waals surface area contributed by atoms with E-state index in [1.807, 2.05) is 13.8 Å². The minimum Gasteiger partial charge on any atom is -0.276 e. The Labute approximate surface area is 84.8 Å². The Morgan fingerprint density at radius 3 is 2.38 bits per heavy atom. The highest BCUT2D eigenvalue weighted by Gasteiger charge is 2.14. The monoisotopic (exact) mass is 198 g/mol. The molecular formula is C11H15ClO. The summed E-state index contributed by atoms with van der Waals surface area (Å²) in [5.41, 5.74) is 1.60. The van der Waals surface area contributed by atoms with E-state index in [2.05, 4.69) is 13.2 Å². The second-order valence-electron chi connectivity index (χ2n) is 2.98. The van der Waals surface area contributed by atoms with Gasteiger partial charge in [-0.25, -0.2) is 0 Å². The van der Waals surface area contributed by atoms with E-state index in [1.165, 1.54) is 0 Å². The van der Waals surface area contributed by atoms with Crippen molar-refractivity contribution in [1.29, 1.82) is 0 Å². The van der Waals surface area contributed by atoms with E-state index in [4.69, 9.17) is 11.6 Å². The van der Waals surface area contributed by atoms with Gasteiger partial charge in [0, 0.05) is 11.5 Å². The summed E-state index contributed by atoms with van der Waals surface area (Å²) in [4.78, 5) is 11.1. The van der Waals surface area contributed by atoms with E-state index >= 15 is 0 Å². The van der Waals surface area contributed by atoms with Crippen molar-refractivity contribution in [2.75, 3.05) is 0 Å². The van der Waals surface area contributed by atoms with Crippen LogP contribution in [-0.2, 0) is 4.79 Å². The molecule has 0 aromatic heterocycles. The lowest BCUT2D eigenvalue weighted by Gasteiger charge is -2.10. The summed E-state index contributed by atoms with van der Waals surface area (Å²) in [6.45, 7) is 11.0. The van der Waals surface area contributed by atoms with Crippen LogP contribution in [0.5, 0.6) is 0 Å². The minimum atomic E-state index is -0.397. The molecule has 0 heterocycles. The molecule has 1 atom stereocenters. The first-order chi connectivity index (χ1) is 6.04. The van der Waals surface area contributed by atoms with E-state index in [1.54, 1.807) is 12.2 Å². The second kappa shape index (κ2) is 5.76. The van der Waals surface area contributed by atoms with Crippen LogP contribution < -0.4 is 0 Å². The zero-order valence-corrected chi connectivity index (χ0v) is 8.90. The molecule has 0 N–H and O–H groups in total. The Bertz CT molecular complexity index is 251. The van der Waals surface area contributed by atoms with Crippen LogP contribution in [0.2, 0.25) is 0 Å². The summed E-state index contributed by atoms with van der Waals surface area (Å²) < 4.78 is 0. The van der Waals surface area contributed by atoms with Gasteiger partial charge in [0.05, 0.1) is 0 Å². The van der Waals surface area contributed by atoms with Gasteiger partial charge in [0.2, 0.25) is 5.24 Å². The molecule has 0 rings (SSSR count). The Morgan fingerprint density at radius 2 is 2.08 bits per heavy atom. The highest BCUT2D eigenvalue weighted by Crippen LogP contribution is 2.21. The van der Waals surface area contributed by atoms with Crippen LogP contribution in [0.4, 0.5) is 0 Å². The summed E-state index contributed by atoms with van der Waals surface area (Å²) in [6.07, 6.45) is 4.15. The van der Waals surface area contributed by atoms with Gasteiger partial charge in [0.15, 0.2) is 0 Å². The molecule has 2 heteroatoms. The van der Waals surface area contributed by atoms with Crippen molar-refractivity contribution in [2.24, 2.45) is 5.92 Å². The van der Waals surface area contributed by atoms with E-state index in [0.29, 0.717) is 12.0 Å². The molecule has 0 amide bonds. The molecule has 0 aliphatic carbocycles. The van der Waals surface area contributed by atoms with Crippen molar-refractivity contribution in [3.05, 3.63) is 36.5 Å². The van der Waals surface area contributed by atoms with Gasteiger partial charge in [-0.2, -0.15) is 0 Å². The van der Waals surface area contributed by atoms with Gasteiger partial charge in [-0.15, -0.1) is 13.2 Å². The van der Waals surface area contributed by atoms with Crippen LogP contribution in [0.3, 0.4) is 0 Å². The molecule has 0 saturated carbocycles. The third kappa shape index (κ3) is 3.60. The van der Waals surface area contributed by atoms with Crippen LogP contribution in [0.25, 0.3) is 0 Å².